The van der Waals surface area contributed by atoms with Gasteiger partial charge in [0.05, 0.1) is 13.2 Å². The molecule has 0 amide bonds. The Morgan fingerprint density at radius 2 is 1.91 bits per heavy atom. The van der Waals surface area contributed by atoms with Crippen LogP contribution in [0.4, 0.5) is 8.78 Å². The molecule has 0 aromatic rings. The fraction of sp³-hybridized carbons (Fsp3) is 0.714. The predicted molar refractivity (Wildman–Crippen MR) is 35.5 cm³/mol. The first-order valence-corrected chi connectivity index (χ1v) is 3.32. The molecule has 0 aromatic carbocycles. The Labute approximate surface area is 63.8 Å². The minimum absolute atomic E-state index is 0.230. The van der Waals surface area contributed by atoms with Crippen LogP contribution in [0.5, 0.6) is 0 Å². The third-order valence-electron chi connectivity index (χ3n) is 1.49. The number of hydrogen-bond acceptors (Lipinski definition) is 2. The SMILES string of the molecule is C=C(C)C(F)(F)C1OCCO1. The average molecular weight is 164 g/mol. The number of halogens is 2. The summed E-state index contributed by atoms with van der Waals surface area (Å²) in [7, 11) is 0. The Kier molecular flexibility index (Phi) is 2.25. The summed E-state index contributed by atoms with van der Waals surface area (Å²) in [6.45, 7) is 4.88. The van der Waals surface area contributed by atoms with Gasteiger partial charge in [0.1, 0.15) is 0 Å². The summed E-state index contributed by atoms with van der Waals surface area (Å²) in [5.74, 6) is -3.06. The molecule has 11 heavy (non-hydrogen) atoms. The lowest BCUT2D eigenvalue weighted by molar-refractivity contribution is -0.184. The smallest absolute Gasteiger partial charge is 0.318 e. The summed E-state index contributed by atoms with van der Waals surface area (Å²) in [5, 5.41) is 0. The first kappa shape index (κ1) is 8.62. The Morgan fingerprint density at radius 3 is 2.27 bits per heavy atom. The van der Waals surface area contributed by atoms with Crippen molar-refractivity contribution in [1.82, 2.24) is 0 Å². The average Bonchev–Trinajstić information content (AvgIpc) is 2.37. The zero-order chi connectivity index (χ0) is 8.48. The highest BCUT2D eigenvalue weighted by Crippen LogP contribution is 2.31. The molecular formula is C7H10F2O2. The van der Waals surface area contributed by atoms with Crippen LogP contribution in [0.2, 0.25) is 0 Å². The van der Waals surface area contributed by atoms with E-state index in [0.29, 0.717) is 0 Å². The van der Waals surface area contributed by atoms with E-state index in [1.165, 1.54) is 6.92 Å². The molecule has 1 heterocycles. The molecule has 64 valence electrons. The van der Waals surface area contributed by atoms with Gasteiger partial charge in [0, 0.05) is 0 Å². The predicted octanol–water partition coefficient (Wildman–Crippen LogP) is 1.57. The summed E-state index contributed by atoms with van der Waals surface area (Å²) in [4.78, 5) is 0. The normalized spacial score (nSPS) is 20.6. The molecule has 0 N–H and O–H groups in total. The lowest BCUT2D eigenvalue weighted by atomic mass is 10.2. The van der Waals surface area contributed by atoms with Gasteiger partial charge >= 0.3 is 5.92 Å². The number of rotatable bonds is 2. The molecule has 0 atom stereocenters. The van der Waals surface area contributed by atoms with Gasteiger partial charge in [0.2, 0.25) is 6.29 Å². The molecule has 2 nitrogen and oxygen atoms in total. The molecule has 1 rings (SSSR count). The molecule has 0 saturated carbocycles. The molecule has 0 aromatic heterocycles. The molecule has 0 aliphatic carbocycles. The zero-order valence-electron chi connectivity index (χ0n) is 6.27. The summed E-state index contributed by atoms with van der Waals surface area (Å²) in [5.41, 5.74) is -0.232. The molecule has 0 bridgehead atoms. The van der Waals surface area contributed by atoms with Crippen LogP contribution in [0.3, 0.4) is 0 Å². The Bertz CT molecular complexity index is 162. The second-order valence-electron chi connectivity index (χ2n) is 2.48. The topological polar surface area (TPSA) is 18.5 Å². The monoisotopic (exact) mass is 164 g/mol. The first-order valence-electron chi connectivity index (χ1n) is 3.32. The second kappa shape index (κ2) is 2.87. The van der Waals surface area contributed by atoms with E-state index in [1.54, 1.807) is 0 Å². The first-order chi connectivity index (χ1) is 5.05. The molecule has 1 saturated heterocycles. The molecule has 1 fully saturated rings. The van der Waals surface area contributed by atoms with Crippen LogP contribution in [0.15, 0.2) is 12.2 Å². The van der Waals surface area contributed by atoms with Crippen molar-refractivity contribution in [2.45, 2.75) is 19.1 Å². The van der Waals surface area contributed by atoms with Gasteiger partial charge in [-0.3, -0.25) is 0 Å². The van der Waals surface area contributed by atoms with Crippen LogP contribution in [0.1, 0.15) is 6.92 Å². The van der Waals surface area contributed by atoms with Gasteiger partial charge in [0.15, 0.2) is 0 Å². The van der Waals surface area contributed by atoms with E-state index in [1.807, 2.05) is 0 Å². The van der Waals surface area contributed by atoms with Crippen molar-refractivity contribution in [3.05, 3.63) is 12.2 Å². The van der Waals surface area contributed by atoms with Crippen molar-refractivity contribution in [1.29, 1.82) is 0 Å². The minimum atomic E-state index is -3.06. The van der Waals surface area contributed by atoms with Crippen molar-refractivity contribution < 1.29 is 18.3 Å². The van der Waals surface area contributed by atoms with Gasteiger partial charge in [0.25, 0.3) is 0 Å². The molecule has 0 unspecified atom stereocenters. The van der Waals surface area contributed by atoms with E-state index in [4.69, 9.17) is 0 Å². The highest BCUT2D eigenvalue weighted by Gasteiger charge is 2.44. The van der Waals surface area contributed by atoms with Crippen molar-refractivity contribution in [2.75, 3.05) is 13.2 Å². The second-order valence-corrected chi connectivity index (χ2v) is 2.48. The van der Waals surface area contributed by atoms with Gasteiger partial charge in [-0.25, -0.2) is 0 Å². The molecule has 0 radical (unpaired) electrons. The Hall–Kier alpha value is -0.480. The van der Waals surface area contributed by atoms with Gasteiger partial charge in [-0.1, -0.05) is 6.58 Å². The fourth-order valence-corrected chi connectivity index (χ4v) is 0.769. The summed E-state index contributed by atoms with van der Waals surface area (Å²) in [6, 6.07) is 0. The maximum absolute atomic E-state index is 12.9. The number of hydrogen-bond donors (Lipinski definition) is 0. The van der Waals surface area contributed by atoms with Crippen LogP contribution in [0, 0.1) is 0 Å². The molecule has 1 aliphatic heterocycles. The zero-order valence-corrected chi connectivity index (χ0v) is 6.27. The molecule has 1 aliphatic rings. The Morgan fingerprint density at radius 1 is 1.45 bits per heavy atom. The Balaban J connectivity index is 2.62. The summed E-state index contributed by atoms with van der Waals surface area (Å²) < 4.78 is 35.1. The van der Waals surface area contributed by atoms with Crippen LogP contribution in [0.25, 0.3) is 0 Å². The third-order valence-corrected chi connectivity index (χ3v) is 1.49. The van der Waals surface area contributed by atoms with E-state index >= 15 is 0 Å². The number of alkyl halides is 2. The van der Waals surface area contributed by atoms with Gasteiger partial charge in [-0.15, -0.1) is 0 Å². The maximum Gasteiger partial charge on any atom is 0.318 e. The number of ether oxygens (including phenoxy) is 2. The summed E-state index contributed by atoms with van der Waals surface area (Å²) >= 11 is 0. The fourth-order valence-electron chi connectivity index (χ4n) is 0.769. The lowest BCUT2D eigenvalue weighted by Gasteiger charge is -2.21. The standard InChI is InChI=1S/C7H10F2O2/c1-5(2)7(8,9)6-10-3-4-11-6/h6H,1,3-4H2,2H3. The largest absolute Gasteiger partial charge is 0.345 e. The van der Waals surface area contributed by atoms with Crippen molar-refractivity contribution in [3.63, 3.8) is 0 Å². The van der Waals surface area contributed by atoms with Gasteiger partial charge in [-0.05, 0) is 12.5 Å². The molecule has 4 heteroatoms. The molecule has 0 spiro atoms. The maximum atomic E-state index is 12.9. The van der Waals surface area contributed by atoms with Gasteiger partial charge in [-0.2, -0.15) is 8.78 Å². The minimum Gasteiger partial charge on any atom is -0.345 e. The van der Waals surface area contributed by atoms with Crippen molar-refractivity contribution >= 4 is 0 Å². The lowest BCUT2D eigenvalue weighted by Crippen LogP contribution is -2.35. The van der Waals surface area contributed by atoms with Gasteiger partial charge < -0.3 is 9.47 Å². The highest BCUT2D eigenvalue weighted by atomic mass is 19.3. The summed E-state index contributed by atoms with van der Waals surface area (Å²) in [6.07, 6.45) is -1.43. The molecular weight excluding hydrogens is 154 g/mol. The van der Waals surface area contributed by atoms with Crippen molar-refractivity contribution in [3.8, 4) is 0 Å². The van der Waals surface area contributed by atoms with Crippen molar-refractivity contribution in [2.24, 2.45) is 0 Å². The third kappa shape index (κ3) is 1.57. The van der Waals surface area contributed by atoms with E-state index in [0.717, 1.165) is 0 Å². The van der Waals surface area contributed by atoms with Crippen LogP contribution >= 0.6 is 0 Å². The van der Waals surface area contributed by atoms with Crippen LogP contribution in [-0.4, -0.2) is 25.4 Å². The quantitative estimate of drug-likeness (QED) is 0.577. The van der Waals surface area contributed by atoms with E-state index in [2.05, 4.69) is 16.1 Å². The van der Waals surface area contributed by atoms with Crippen LogP contribution in [-0.2, 0) is 9.47 Å². The van der Waals surface area contributed by atoms with E-state index in [-0.39, 0.29) is 18.8 Å². The van der Waals surface area contributed by atoms with E-state index < -0.39 is 12.2 Å². The van der Waals surface area contributed by atoms with E-state index in [9.17, 15) is 8.78 Å². The van der Waals surface area contributed by atoms with Crippen LogP contribution < -0.4 is 0 Å². The highest BCUT2D eigenvalue weighted by molar-refractivity contribution is 5.05.